The third kappa shape index (κ3) is 5.02. The molecular weight excluding hydrogens is 258 g/mol. The molecule has 5 heteroatoms. The summed E-state index contributed by atoms with van der Waals surface area (Å²) in [5.41, 5.74) is 0.219. The molecule has 1 radical (unpaired) electrons. The van der Waals surface area contributed by atoms with E-state index in [2.05, 4.69) is 6.92 Å². The van der Waals surface area contributed by atoms with E-state index in [1.165, 1.54) is 12.1 Å². The summed E-state index contributed by atoms with van der Waals surface area (Å²) in [5.74, 6) is -1.17. The fraction of sp³-hybridized carbons (Fsp3) is 0. The minimum atomic E-state index is -0.931. The molecule has 0 aliphatic carbocycles. The SMILES string of the molecule is [CH2]c1ccc(F)cc1F.[Cl][Zn][Cl]. The van der Waals surface area contributed by atoms with Crippen LogP contribution in [0.4, 0.5) is 8.78 Å². The zero-order chi connectivity index (χ0) is 9.56. The standard InChI is InChI=1S/C7H5F2.2ClH.Zn/c1-5-2-3-6(8)4-7(5)9;;;/h2-4H,1H2;2*1H;/q;;;+2/p-2. The molecule has 0 unspecified atom stereocenters. The molecule has 12 heavy (non-hydrogen) atoms. The summed E-state index contributed by atoms with van der Waals surface area (Å²) in [4.78, 5) is 0. The maximum absolute atomic E-state index is 12.3. The van der Waals surface area contributed by atoms with Gasteiger partial charge in [-0.05, 0) is 18.6 Å². The van der Waals surface area contributed by atoms with Crippen molar-refractivity contribution in [2.75, 3.05) is 0 Å². The average molecular weight is 263 g/mol. The Morgan fingerprint density at radius 2 is 1.75 bits per heavy atom. The van der Waals surface area contributed by atoms with E-state index in [-0.39, 0.29) is 5.56 Å². The van der Waals surface area contributed by atoms with Crippen molar-refractivity contribution in [3.8, 4) is 0 Å². The van der Waals surface area contributed by atoms with E-state index >= 15 is 0 Å². The zero-order valence-corrected chi connectivity index (χ0v) is 10.6. The Hall–Kier alpha value is 0.283. The van der Waals surface area contributed by atoms with Crippen LogP contribution in [-0.4, -0.2) is 0 Å². The van der Waals surface area contributed by atoms with Gasteiger partial charge in [0.1, 0.15) is 11.6 Å². The van der Waals surface area contributed by atoms with Gasteiger partial charge in [0.2, 0.25) is 0 Å². The minimum absolute atomic E-state index is 0.219. The quantitative estimate of drug-likeness (QED) is 0.628. The van der Waals surface area contributed by atoms with Gasteiger partial charge >= 0.3 is 34.5 Å². The second kappa shape index (κ2) is 6.76. The van der Waals surface area contributed by atoms with Gasteiger partial charge in [0.05, 0.1) is 0 Å². The van der Waals surface area contributed by atoms with Gasteiger partial charge in [-0.1, -0.05) is 6.07 Å². The molecule has 0 spiro atoms. The van der Waals surface area contributed by atoms with Crippen LogP contribution in [-0.2, 0) is 15.1 Å². The van der Waals surface area contributed by atoms with E-state index in [0.29, 0.717) is 0 Å². The summed E-state index contributed by atoms with van der Waals surface area (Å²) in [6.07, 6.45) is 0. The second-order valence-corrected chi connectivity index (χ2v) is 6.46. The molecule has 1 aromatic carbocycles. The summed E-state index contributed by atoms with van der Waals surface area (Å²) in [6.45, 7) is 3.32. The van der Waals surface area contributed by atoms with Gasteiger partial charge in [-0.25, -0.2) is 8.78 Å². The Morgan fingerprint density at radius 3 is 2.08 bits per heavy atom. The van der Waals surface area contributed by atoms with Gasteiger partial charge < -0.3 is 0 Å². The molecule has 63 valence electrons. The van der Waals surface area contributed by atoms with Crippen molar-refractivity contribution in [1.82, 2.24) is 0 Å². The van der Waals surface area contributed by atoms with Gasteiger partial charge in [0.15, 0.2) is 0 Å². The molecule has 0 saturated carbocycles. The molecule has 0 saturated heterocycles. The summed E-state index contributed by atoms with van der Waals surface area (Å²) < 4.78 is 24.4. The van der Waals surface area contributed by atoms with Gasteiger partial charge in [-0.2, -0.15) is 0 Å². The fourth-order valence-electron chi connectivity index (χ4n) is 0.522. The van der Waals surface area contributed by atoms with Crippen molar-refractivity contribution in [2.45, 2.75) is 0 Å². The molecule has 0 atom stereocenters. The Balaban J connectivity index is 0.000000354. The summed E-state index contributed by atoms with van der Waals surface area (Å²) >= 11 is -0.931. The van der Waals surface area contributed by atoms with Crippen molar-refractivity contribution in [3.05, 3.63) is 42.3 Å². The van der Waals surface area contributed by atoms with Crippen LogP contribution in [0.5, 0.6) is 0 Å². The van der Waals surface area contributed by atoms with Crippen LogP contribution < -0.4 is 0 Å². The van der Waals surface area contributed by atoms with E-state index < -0.39 is 26.8 Å². The molecule has 0 bridgehead atoms. The van der Waals surface area contributed by atoms with Gasteiger partial charge in [-0.3, -0.25) is 0 Å². The maximum atomic E-state index is 12.3. The summed E-state index contributed by atoms with van der Waals surface area (Å²) in [5, 5.41) is 0. The molecule has 0 fully saturated rings. The van der Waals surface area contributed by atoms with E-state index in [4.69, 9.17) is 19.4 Å². The summed E-state index contributed by atoms with van der Waals surface area (Å²) in [7, 11) is 9.90. The molecule has 0 nitrogen and oxygen atoms in total. The predicted molar refractivity (Wildman–Crippen MR) is 42.5 cm³/mol. The Bertz CT molecular complexity index is 243. The molecule has 0 aliphatic rings. The second-order valence-electron chi connectivity index (χ2n) is 1.84. The van der Waals surface area contributed by atoms with Crippen LogP contribution in [0.2, 0.25) is 0 Å². The number of hydrogen-bond donors (Lipinski definition) is 0. The average Bonchev–Trinajstić information content (AvgIpc) is 1.99. The monoisotopic (exact) mass is 261 g/mol. The topological polar surface area (TPSA) is 0 Å². The van der Waals surface area contributed by atoms with Crippen molar-refractivity contribution < 1.29 is 23.9 Å². The molecule has 0 aliphatic heterocycles. The van der Waals surface area contributed by atoms with Crippen LogP contribution in [0.3, 0.4) is 0 Å². The molecular formula is C7H5Cl2F2Zn. The molecule has 0 amide bonds. The fourth-order valence-corrected chi connectivity index (χ4v) is 0.522. The van der Waals surface area contributed by atoms with E-state index in [1.807, 2.05) is 0 Å². The molecule has 0 aromatic heterocycles. The third-order valence-electron chi connectivity index (χ3n) is 1.02. The van der Waals surface area contributed by atoms with Crippen LogP contribution in [0, 0.1) is 18.6 Å². The van der Waals surface area contributed by atoms with Crippen LogP contribution in [0.1, 0.15) is 5.56 Å². The van der Waals surface area contributed by atoms with Gasteiger partial charge in [0.25, 0.3) is 0 Å². The number of rotatable bonds is 0. The Labute approximate surface area is 85.6 Å². The third-order valence-corrected chi connectivity index (χ3v) is 1.02. The van der Waals surface area contributed by atoms with Crippen molar-refractivity contribution >= 4 is 19.4 Å². The Morgan fingerprint density at radius 1 is 1.25 bits per heavy atom. The molecule has 1 rings (SSSR count). The van der Waals surface area contributed by atoms with Gasteiger partial charge in [-0.15, -0.1) is 0 Å². The molecule has 0 N–H and O–H groups in total. The normalized spacial score (nSPS) is 8.08. The van der Waals surface area contributed by atoms with E-state index in [9.17, 15) is 8.78 Å². The van der Waals surface area contributed by atoms with Crippen molar-refractivity contribution in [2.24, 2.45) is 0 Å². The van der Waals surface area contributed by atoms with Crippen molar-refractivity contribution in [3.63, 3.8) is 0 Å². The van der Waals surface area contributed by atoms with Crippen LogP contribution in [0.15, 0.2) is 18.2 Å². The Kier molecular flexibility index (Phi) is 6.92. The first-order valence-electron chi connectivity index (χ1n) is 3.00. The van der Waals surface area contributed by atoms with Crippen LogP contribution >= 0.6 is 19.4 Å². The molecule has 1 aromatic rings. The number of halogens is 4. The first kappa shape index (κ1) is 12.3. The molecule has 0 heterocycles. The van der Waals surface area contributed by atoms with E-state index in [1.54, 1.807) is 0 Å². The first-order valence-corrected chi connectivity index (χ1v) is 10.8. The van der Waals surface area contributed by atoms with Crippen molar-refractivity contribution in [1.29, 1.82) is 0 Å². The van der Waals surface area contributed by atoms with Crippen LogP contribution in [0.25, 0.3) is 0 Å². The number of benzene rings is 1. The predicted octanol–water partition coefficient (Wildman–Crippen LogP) is 3.52. The first-order chi connectivity index (χ1) is 5.61. The summed E-state index contributed by atoms with van der Waals surface area (Å²) in [6, 6.07) is 3.28. The number of hydrogen-bond acceptors (Lipinski definition) is 0. The van der Waals surface area contributed by atoms with E-state index in [0.717, 1.165) is 6.07 Å². The van der Waals surface area contributed by atoms with Gasteiger partial charge in [0, 0.05) is 6.07 Å². The zero-order valence-electron chi connectivity index (χ0n) is 6.16.